The molecule has 3 aromatic rings. The molecule has 1 unspecified atom stereocenters. The van der Waals surface area contributed by atoms with E-state index in [4.69, 9.17) is 5.73 Å². The zero-order valence-corrected chi connectivity index (χ0v) is 20.4. The topological polar surface area (TPSA) is 95.7 Å². The lowest BCUT2D eigenvalue weighted by atomic mass is 9.92. The number of rotatable bonds is 7. The molecule has 3 aromatic carbocycles. The number of nitrogens with one attached hydrogen (secondary N) is 1. The largest absolute Gasteiger partial charge is 0.390 e. The first-order chi connectivity index (χ1) is 17.3. The second kappa shape index (κ2) is 11.0. The first-order valence-electron chi connectivity index (χ1n) is 12.2. The number of carbonyl (C=O) groups excluding carboxylic acids is 2. The summed E-state index contributed by atoms with van der Waals surface area (Å²) in [6.07, 6.45) is -1.19. The summed E-state index contributed by atoms with van der Waals surface area (Å²) in [4.78, 5) is 28.5. The number of halogens is 1. The van der Waals surface area contributed by atoms with Gasteiger partial charge in [0.1, 0.15) is 11.9 Å². The molecule has 7 heteroatoms. The van der Waals surface area contributed by atoms with E-state index in [0.717, 1.165) is 11.1 Å². The summed E-state index contributed by atoms with van der Waals surface area (Å²) in [6, 6.07) is 22.4. The zero-order chi connectivity index (χ0) is 25.8. The molecule has 4 N–H and O–H groups in total. The Bertz CT molecular complexity index is 1130. The Labute approximate surface area is 210 Å². The Morgan fingerprint density at radius 1 is 0.944 bits per heavy atom. The van der Waals surface area contributed by atoms with E-state index in [1.54, 1.807) is 12.1 Å². The van der Waals surface area contributed by atoms with Crippen LogP contribution in [-0.4, -0.2) is 46.6 Å². The summed E-state index contributed by atoms with van der Waals surface area (Å²) in [6.45, 7) is 3.77. The number of aliphatic hydroxyl groups excluding tert-OH is 1. The molecule has 4 rings (SSSR count). The van der Waals surface area contributed by atoms with Crippen LogP contribution < -0.4 is 11.1 Å². The van der Waals surface area contributed by atoms with Gasteiger partial charge in [0.15, 0.2) is 0 Å². The van der Waals surface area contributed by atoms with Crippen LogP contribution in [0.15, 0.2) is 84.9 Å². The lowest BCUT2D eigenvalue weighted by Crippen LogP contribution is -2.55. The predicted octanol–water partition coefficient (Wildman–Crippen LogP) is 3.37. The normalized spacial score (nSPS) is 20.5. The first kappa shape index (κ1) is 25.5. The minimum absolute atomic E-state index is 0.103. The van der Waals surface area contributed by atoms with Crippen molar-refractivity contribution in [1.29, 1.82) is 0 Å². The number of benzene rings is 3. The van der Waals surface area contributed by atoms with E-state index in [1.165, 1.54) is 17.0 Å². The predicted molar refractivity (Wildman–Crippen MR) is 136 cm³/mol. The molecule has 0 aliphatic carbocycles. The van der Waals surface area contributed by atoms with Crippen LogP contribution >= 0.6 is 0 Å². The highest BCUT2D eigenvalue weighted by molar-refractivity contribution is 5.91. The Balaban J connectivity index is 1.68. The molecule has 4 atom stereocenters. The molecule has 1 aliphatic rings. The Hall–Kier alpha value is -3.55. The molecule has 0 bridgehead atoms. The number of carbonyl (C=O) groups is 2. The summed E-state index contributed by atoms with van der Waals surface area (Å²) < 4.78 is 13.5. The van der Waals surface area contributed by atoms with Crippen molar-refractivity contribution in [2.45, 2.75) is 44.0 Å². The maximum Gasteiger partial charge on any atom is 0.246 e. The fraction of sp³-hybridized carbons (Fsp3) is 0.310. The molecule has 0 spiro atoms. The van der Waals surface area contributed by atoms with Crippen molar-refractivity contribution in [1.82, 2.24) is 10.2 Å². The van der Waals surface area contributed by atoms with Crippen LogP contribution in [0.4, 0.5) is 4.39 Å². The smallest absolute Gasteiger partial charge is 0.246 e. The first-order valence-corrected chi connectivity index (χ1v) is 12.2. The fourth-order valence-corrected chi connectivity index (χ4v) is 4.73. The minimum Gasteiger partial charge on any atom is -0.390 e. The molecule has 1 heterocycles. The van der Waals surface area contributed by atoms with E-state index in [1.807, 2.05) is 74.5 Å². The third kappa shape index (κ3) is 5.32. The molecule has 6 nitrogen and oxygen atoms in total. The number of likely N-dealkylation sites (tertiary alicyclic amines) is 1. The summed E-state index contributed by atoms with van der Waals surface area (Å²) >= 11 is 0. The van der Waals surface area contributed by atoms with Crippen LogP contribution in [0.2, 0.25) is 0 Å². The van der Waals surface area contributed by atoms with E-state index in [0.29, 0.717) is 5.56 Å². The van der Waals surface area contributed by atoms with E-state index in [2.05, 4.69) is 5.32 Å². The number of amides is 2. The minimum atomic E-state index is -1.19. The van der Waals surface area contributed by atoms with Gasteiger partial charge in [0.05, 0.1) is 18.2 Å². The standard InChI is InChI=1S/C29H32FN3O3/c1-18(2)24(31)29(36)33-17-23(19-13-15-22(30)16-14-19)27(34)26(33)28(35)32-25(20-9-5-3-6-10-20)21-11-7-4-8-12-21/h3-16,18,23-27,34H,17,31H2,1-2H3,(H,32,35)/t23-,24+,26+,27?/m1/s1. The van der Waals surface area contributed by atoms with Crippen molar-refractivity contribution in [3.8, 4) is 0 Å². The highest BCUT2D eigenvalue weighted by Gasteiger charge is 2.49. The quantitative estimate of drug-likeness (QED) is 0.474. The van der Waals surface area contributed by atoms with Crippen molar-refractivity contribution in [2.75, 3.05) is 6.54 Å². The average molecular weight is 490 g/mol. The molecule has 1 aliphatic heterocycles. The number of hydrogen-bond acceptors (Lipinski definition) is 4. The molecule has 188 valence electrons. The second-order valence-electron chi connectivity index (χ2n) is 9.62. The highest BCUT2D eigenvalue weighted by Crippen LogP contribution is 2.34. The van der Waals surface area contributed by atoms with E-state index in [9.17, 15) is 19.1 Å². The van der Waals surface area contributed by atoms with Crippen LogP contribution in [0, 0.1) is 11.7 Å². The van der Waals surface area contributed by atoms with Gasteiger partial charge in [-0.05, 0) is 34.7 Å². The number of nitrogens with two attached hydrogens (primary N) is 1. The van der Waals surface area contributed by atoms with Crippen LogP contribution in [0.25, 0.3) is 0 Å². The lowest BCUT2D eigenvalue weighted by Gasteiger charge is -2.30. The maximum absolute atomic E-state index is 13.8. The highest BCUT2D eigenvalue weighted by atomic mass is 19.1. The molecular formula is C29H32FN3O3. The number of hydrogen-bond donors (Lipinski definition) is 3. The summed E-state index contributed by atoms with van der Waals surface area (Å²) in [5.41, 5.74) is 8.57. The van der Waals surface area contributed by atoms with Crippen molar-refractivity contribution >= 4 is 11.8 Å². The molecule has 0 aromatic heterocycles. The molecular weight excluding hydrogens is 457 g/mol. The van der Waals surface area contributed by atoms with Crippen LogP contribution in [-0.2, 0) is 9.59 Å². The van der Waals surface area contributed by atoms with Gasteiger partial charge in [0.2, 0.25) is 11.8 Å². The Morgan fingerprint density at radius 3 is 1.97 bits per heavy atom. The summed E-state index contributed by atoms with van der Waals surface area (Å²) in [5.74, 6) is -1.98. The number of aliphatic hydroxyl groups is 1. The van der Waals surface area contributed by atoms with Crippen molar-refractivity contribution in [3.63, 3.8) is 0 Å². The second-order valence-corrected chi connectivity index (χ2v) is 9.62. The number of nitrogens with zero attached hydrogens (tertiary/aromatic N) is 1. The summed E-state index contributed by atoms with van der Waals surface area (Å²) in [5, 5.41) is 14.4. The van der Waals surface area contributed by atoms with Crippen molar-refractivity contribution in [3.05, 3.63) is 107 Å². The lowest BCUT2D eigenvalue weighted by molar-refractivity contribution is -0.142. The van der Waals surface area contributed by atoms with E-state index >= 15 is 0 Å². The monoisotopic (exact) mass is 489 g/mol. The van der Waals surface area contributed by atoms with Gasteiger partial charge in [-0.1, -0.05) is 86.6 Å². The van der Waals surface area contributed by atoms with Gasteiger partial charge >= 0.3 is 0 Å². The van der Waals surface area contributed by atoms with Crippen LogP contribution in [0.1, 0.15) is 42.5 Å². The van der Waals surface area contributed by atoms with Gasteiger partial charge in [-0.25, -0.2) is 4.39 Å². The van der Waals surface area contributed by atoms with Gasteiger partial charge in [-0.15, -0.1) is 0 Å². The zero-order valence-electron chi connectivity index (χ0n) is 20.4. The average Bonchev–Trinajstić information content (AvgIpc) is 3.24. The van der Waals surface area contributed by atoms with Crippen molar-refractivity contribution < 1.29 is 19.1 Å². The Kier molecular flexibility index (Phi) is 7.82. The third-order valence-electron chi connectivity index (χ3n) is 6.87. The van der Waals surface area contributed by atoms with Gasteiger partial charge in [-0.2, -0.15) is 0 Å². The van der Waals surface area contributed by atoms with Gasteiger partial charge in [-0.3, -0.25) is 9.59 Å². The molecule has 2 amide bonds. The van der Waals surface area contributed by atoms with Crippen molar-refractivity contribution in [2.24, 2.45) is 11.7 Å². The van der Waals surface area contributed by atoms with Gasteiger partial charge in [0.25, 0.3) is 0 Å². The molecule has 0 saturated carbocycles. The fourth-order valence-electron chi connectivity index (χ4n) is 4.73. The van der Waals surface area contributed by atoms with Gasteiger partial charge in [0, 0.05) is 12.5 Å². The van der Waals surface area contributed by atoms with Crippen LogP contribution in [0.3, 0.4) is 0 Å². The SMILES string of the molecule is CC(C)[C@H](N)C(=O)N1C[C@H](c2ccc(F)cc2)C(O)[C@H]1C(=O)NC(c1ccccc1)c1ccccc1. The van der Waals surface area contributed by atoms with E-state index < -0.39 is 47.8 Å². The summed E-state index contributed by atoms with van der Waals surface area (Å²) in [7, 11) is 0. The molecule has 0 radical (unpaired) electrons. The van der Waals surface area contributed by atoms with Crippen LogP contribution in [0.5, 0.6) is 0 Å². The Morgan fingerprint density at radius 2 is 1.47 bits per heavy atom. The van der Waals surface area contributed by atoms with E-state index in [-0.39, 0.29) is 12.5 Å². The molecule has 36 heavy (non-hydrogen) atoms. The third-order valence-corrected chi connectivity index (χ3v) is 6.87. The van der Waals surface area contributed by atoms with Gasteiger partial charge < -0.3 is 21.1 Å². The molecule has 1 saturated heterocycles. The maximum atomic E-state index is 13.8. The molecule has 1 fully saturated rings.